The van der Waals surface area contributed by atoms with Crippen LogP contribution in [0.4, 0.5) is 17.3 Å². The van der Waals surface area contributed by atoms with Crippen LogP contribution in [0.5, 0.6) is 0 Å². The first-order valence-electron chi connectivity index (χ1n) is 10.7. The number of amides is 1. The van der Waals surface area contributed by atoms with Crippen molar-refractivity contribution in [1.82, 2.24) is 35.1 Å². The second-order valence-corrected chi connectivity index (χ2v) is 8.17. The Kier molecular flexibility index (Phi) is 5.94. The smallest absolute Gasteiger partial charge is 0.274 e. The number of nitrogen functional groups attached to an aromatic ring is 1. The zero-order valence-electron chi connectivity index (χ0n) is 18.6. The number of hydrogen-bond acceptors (Lipinski definition) is 8. The van der Waals surface area contributed by atoms with Crippen LogP contribution in [0.25, 0.3) is 16.9 Å². The summed E-state index contributed by atoms with van der Waals surface area (Å²) in [5.74, 6) is 0.552. The predicted molar refractivity (Wildman–Crippen MR) is 133 cm³/mol. The van der Waals surface area contributed by atoms with Crippen molar-refractivity contribution < 1.29 is 4.79 Å². The lowest BCUT2D eigenvalue weighted by atomic mass is 10.1. The quantitative estimate of drug-likeness (QED) is 0.327. The highest BCUT2D eigenvalue weighted by Gasteiger charge is 2.21. The number of fused-ring (bicyclic) bond motifs is 1. The van der Waals surface area contributed by atoms with E-state index in [2.05, 4.69) is 35.9 Å². The molecule has 1 atom stereocenters. The van der Waals surface area contributed by atoms with Crippen LogP contribution in [-0.4, -0.2) is 35.7 Å². The van der Waals surface area contributed by atoms with Gasteiger partial charge in [-0.3, -0.25) is 4.79 Å². The molecule has 0 aliphatic carbocycles. The Morgan fingerprint density at radius 3 is 2.69 bits per heavy atom. The number of carbonyl (C=O) groups excluding carboxylic acids is 1. The molecule has 2 aromatic carbocycles. The Morgan fingerprint density at radius 1 is 1.06 bits per heavy atom. The minimum atomic E-state index is -0.548. The fraction of sp³-hybridized carbons (Fsp3) is 0.0833. The number of anilines is 3. The van der Waals surface area contributed by atoms with Crippen molar-refractivity contribution in [3.63, 3.8) is 0 Å². The van der Waals surface area contributed by atoms with E-state index >= 15 is 0 Å². The fourth-order valence-corrected chi connectivity index (χ4v) is 3.69. The summed E-state index contributed by atoms with van der Waals surface area (Å²) >= 11 is 6.07. The van der Waals surface area contributed by atoms with Crippen molar-refractivity contribution in [2.45, 2.75) is 13.0 Å². The zero-order chi connectivity index (χ0) is 24.4. The van der Waals surface area contributed by atoms with Gasteiger partial charge in [-0.15, -0.1) is 15.3 Å². The highest BCUT2D eigenvalue weighted by atomic mass is 35.5. The molecule has 11 heteroatoms. The SMILES string of the molecule is C[C@H](NC(=O)c1nc(-c2ccccc2)cnc1N)c1nnc2ccc(Nc3cccc(Cl)c3)nn12. The molecule has 0 aliphatic heterocycles. The summed E-state index contributed by atoms with van der Waals surface area (Å²) in [6.07, 6.45) is 1.54. The third-order valence-electron chi connectivity index (χ3n) is 5.20. The summed E-state index contributed by atoms with van der Waals surface area (Å²) in [6, 6.07) is 19.7. The molecule has 10 nitrogen and oxygen atoms in total. The first-order chi connectivity index (χ1) is 17.0. The van der Waals surface area contributed by atoms with E-state index in [9.17, 15) is 4.79 Å². The van der Waals surface area contributed by atoms with Crippen molar-refractivity contribution in [2.24, 2.45) is 0 Å². The first-order valence-corrected chi connectivity index (χ1v) is 11.1. The second-order valence-electron chi connectivity index (χ2n) is 7.73. The molecule has 0 fully saturated rings. The molecule has 5 aromatic rings. The van der Waals surface area contributed by atoms with Gasteiger partial charge in [0.05, 0.1) is 17.9 Å². The van der Waals surface area contributed by atoms with Crippen LogP contribution in [0.15, 0.2) is 72.9 Å². The van der Waals surface area contributed by atoms with Crippen LogP contribution in [0.1, 0.15) is 29.3 Å². The van der Waals surface area contributed by atoms with Crippen LogP contribution in [0.2, 0.25) is 5.02 Å². The topological polar surface area (TPSA) is 136 Å². The molecule has 174 valence electrons. The van der Waals surface area contributed by atoms with Gasteiger partial charge >= 0.3 is 0 Å². The van der Waals surface area contributed by atoms with Gasteiger partial charge in [-0.25, -0.2) is 9.97 Å². The van der Waals surface area contributed by atoms with Crippen LogP contribution in [0, 0.1) is 0 Å². The lowest BCUT2D eigenvalue weighted by Crippen LogP contribution is -2.30. The zero-order valence-corrected chi connectivity index (χ0v) is 19.3. The van der Waals surface area contributed by atoms with Crippen molar-refractivity contribution in [1.29, 1.82) is 0 Å². The number of aromatic nitrogens is 6. The third kappa shape index (κ3) is 4.73. The van der Waals surface area contributed by atoms with Gasteiger partial charge in [-0.05, 0) is 37.3 Å². The van der Waals surface area contributed by atoms with E-state index in [0.717, 1.165) is 11.3 Å². The maximum Gasteiger partial charge on any atom is 0.274 e. The van der Waals surface area contributed by atoms with E-state index in [0.29, 0.717) is 28.0 Å². The van der Waals surface area contributed by atoms with E-state index < -0.39 is 11.9 Å². The van der Waals surface area contributed by atoms with Gasteiger partial charge in [-0.2, -0.15) is 4.52 Å². The fourth-order valence-electron chi connectivity index (χ4n) is 3.50. The molecule has 5 rings (SSSR count). The van der Waals surface area contributed by atoms with E-state index in [-0.39, 0.29) is 11.5 Å². The summed E-state index contributed by atoms with van der Waals surface area (Å²) in [4.78, 5) is 21.6. The van der Waals surface area contributed by atoms with Crippen LogP contribution in [-0.2, 0) is 0 Å². The van der Waals surface area contributed by atoms with E-state index in [1.165, 1.54) is 6.20 Å². The summed E-state index contributed by atoms with van der Waals surface area (Å²) in [7, 11) is 0. The Balaban J connectivity index is 1.39. The van der Waals surface area contributed by atoms with Crippen molar-refractivity contribution in [3.8, 4) is 11.3 Å². The molecule has 3 aromatic heterocycles. The molecular weight excluding hydrogens is 466 g/mol. The summed E-state index contributed by atoms with van der Waals surface area (Å²) in [6.45, 7) is 1.78. The number of rotatable bonds is 6. The Labute approximate surface area is 205 Å². The van der Waals surface area contributed by atoms with Gasteiger partial charge < -0.3 is 16.4 Å². The standard InChI is InChI=1S/C24H20ClN9O/c1-14(28-24(35)21-22(26)27-13-18(30-21)15-6-3-2-4-7-15)23-32-31-20-11-10-19(33-34(20)23)29-17-9-5-8-16(25)12-17/h2-14H,1H3,(H2,26,27)(H,28,35)(H,29,33)/t14-/m0/s1. The van der Waals surface area contributed by atoms with Gasteiger partial charge in [0.2, 0.25) is 0 Å². The molecule has 35 heavy (non-hydrogen) atoms. The average molecular weight is 486 g/mol. The highest BCUT2D eigenvalue weighted by molar-refractivity contribution is 6.30. The number of benzene rings is 2. The second kappa shape index (κ2) is 9.35. The minimum absolute atomic E-state index is 0.0308. The maximum absolute atomic E-state index is 13.0. The van der Waals surface area contributed by atoms with E-state index in [1.807, 2.05) is 42.5 Å². The molecule has 0 spiro atoms. The molecule has 0 saturated carbocycles. The molecule has 3 heterocycles. The van der Waals surface area contributed by atoms with Gasteiger partial charge in [0.15, 0.2) is 28.8 Å². The third-order valence-corrected chi connectivity index (χ3v) is 5.44. The molecule has 4 N–H and O–H groups in total. The Morgan fingerprint density at radius 2 is 1.89 bits per heavy atom. The average Bonchev–Trinajstić information content (AvgIpc) is 3.28. The summed E-state index contributed by atoms with van der Waals surface area (Å²) in [5.41, 5.74) is 8.68. The molecular formula is C24H20ClN9O. The summed E-state index contributed by atoms with van der Waals surface area (Å²) < 4.78 is 1.56. The number of nitrogens with zero attached hydrogens (tertiary/aromatic N) is 6. The number of halogens is 1. The van der Waals surface area contributed by atoms with E-state index in [1.54, 1.807) is 35.7 Å². The maximum atomic E-state index is 13.0. The highest BCUT2D eigenvalue weighted by Crippen LogP contribution is 2.21. The van der Waals surface area contributed by atoms with Crippen molar-refractivity contribution in [3.05, 3.63) is 89.5 Å². The van der Waals surface area contributed by atoms with Gasteiger partial charge in [0.1, 0.15) is 0 Å². The number of hydrogen-bond donors (Lipinski definition) is 3. The van der Waals surface area contributed by atoms with Crippen LogP contribution < -0.4 is 16.4 Å². The number of nitrogens with two attached hydrogens (primary N) is 1. The van der Waals surface area contributed by atoms with Gasteiger partial charge in [-0.1, -0.05) is 48.0 Å². The number of nitrogens with one attached hydrogen (secondary N) is 2. The van der Waals surface area contributed by atoms with Crippen molar-refractivity contribution in [2.75, 3.05) is 11.1 Å². The minimum Gasteiger partial charge on any atom is -0.382 e. The molecule has 0 bridgehead atoms. The molecule has 1 amide bonds. The normalized spacial score (nSPS) is 11.8. The molecule has 0 unspecified atom stereocenters. The van der Waals surface area contributed by atoms with Gasteiger partial charge in [0, 0.05) is 16.3 Å². The lowest BCUT2D eigenvalue weighted by molar-refractivity contribution is 0.0933. The predicted octanol–water partition coefficient (Wildman–Crippen LogP) is 4.05. The summed E-state index contributed by atoms with van der Waals surface area (Å²) in [5, 5.41) is 19.6. The molecule has 0 radical (unpaired) electrons. The lowest BCUT2D eigenvalue weighted by Gasteiger charge is -2.13. The Bertz CT molecular complexity index is 1520. The first kappa shape index (κ1) is 22.2. The van der Waals surface area contributed by atoms with Crippen LogP contribution >= 0.6 is 11.6 Å². The van der Waals surface area contributed by atoms with E-state index in [4.69, 9.17) is 17.3 Å². The number of carbonyl (C=O) groups is 1. The van der Waals surface area contributed by atoms with Gasteiger partial charge in [0.25, 0.3) is 5.91 Å². The van der Waals surface area contributed by atoms with Crippen molar-refractivity contribution >= 4 is 40.5 Å². The monoisotopic (exact) mass is 485 g/mol. The molecule has 0 saturated heterocycles. The van der Waals surface area contributed by atoms with Crippen LogP contribution in [0.3, 0.4) is 0 Å². The largest absolute Gasteiger partial charge is 0.382 e. The molecule has 0 aliphatic rings. The Hall–Kier alpha value is -4.57.